The molecule has 0 fully saturated rings. The number of ether oxygens (including phenoxy) is 1. The Labute approximate surface area is 159 Å². The van der Waals surface area contributed by atoms with Gasteiger partial charge in [0, 0.05) is 30.9 Å². The van der Waals surface area contributed by atoms with Gasteiger partial charge in [-0.2, -0.15) is 8.78 Å². The molecule has 5 nitrogen and oxygen atoms in total. The van der Waals surface area contributed by atoms with Gasteiger partial charge in [0.15, 0.2) is 0 Å². The van der Waals surface area contributed by atoms with Crippen LogP contribution in [0.15, 0.2) is 12.1 Å². The minimum Gasteiger partial charge on any atom is -0.496 e. The number of alkyl halides is 2. The molecule has 0 aliphatic heterocycles. The summed E-state index contributed by atoms with van der Waals surface area (Å²) in [6, 6.07) is 2.72. The lowest BCUT2D eigenvalue weighted by Gasteiger charge is -2.30. The number of carbonyl (C=O) groups excluding carboxylic acids is 1. The monoisotopic (exact) mass is 406 g/mol. The molecule has 0 atom stereocenters. The third kappa shape index (κ3) is 4.41. The van der Waals surface area contributed by atoms with E-state index in [9.17, 15) is 18.1 Å². The van der Waals surface area contributed by atoms with Crippen molar-refractivity contribution >= 4 is 13.4 Å². The van der Waals surface area contributed by atoms with E-state index in [1.54, 1.807) is 0 Å². The third-order valence-corrected chi connectivity index (χ3v) is 6.12. The number of Topliss-reactive ketones (excluding diaryl/α,β-unsaturated/α-hetero) is 1. The Morgan fingerprint density at radius 3 is 1.52 bits per heavy atom. The molecule has 0 aliphatic carbocycles. The van der Waals surface area contributed by atoms with Crippen LogP contribution in [0.5, 0.6) is 5.75 Å². The standard InChI is InChI=1S/C19H29F2O5P/c1-17(2,3)13-10-12(11-14(15(13)24-7)18(4,5)6)16(22)19(20,21)27(23,25-8)26-9/h10-11H,1-9H3. The maximum atomic E-state index is 14.7. The lowest BCUT2D eigenvalue weighted by Crippen LogP contribution is -2.31. The Kier molecular flexibility index (Phi) is 6.69. The SMILES string of the molecule is COc1c(C(C)(C)C)cc(C(=O)C(F)(F)P(=O)(OC)OC)cc1C(C)(C)C. The Bertz CT molecular complexity index is 717. The first-order valence-corrected chi connectivity index (χ1v) is 9.98. The summed E-state index contributed by atoms with van der Waals surface area (Å²) in [5, 5.41) is 0. The number of carbonyl (C=O) groups is 1. The average Bonchev–Trinajstić information content (AvgIpc) is 2.57. The first-order chi connectivity index (χ1) is 12.1. The van der Waals surface area contributed by atoms with Crippen molar-refractivity contribution in [3.8, 4) is 5.75 Å². The van der Waals surface area contributed by atoms with E-state index in [0.29, 0.717) is 16.9 Å². The van der Waals surface area contributed by atoms with E-state index < -0.39 is 29.9 Å². The summed E-state index contributed by atoms with van der Waals surface area (Å²) < 4.78 is 55.9. The van der Waals surface area contributed by atoms with Crippen molar-refractivity contribution in [1.29, 1.82) is 0 Å². The first-order valence-electron chi connectivity index (χ1n) is 8.44. The van der Waals surface area contributed by atoms with Gasteiger partial charge < -0.3 is 13.8 Å². The smallest absolute Gasteiger partial charge is 0.407 e. The summed E-state index contributed by atoms with van der Waals surface area (Å²) >= 11 is 0. The highest BCUT2D eigenvalue weighted by atomic mass is 31.2. The van der Waals surface area contributed by atoms with Crippen molar-refractivity contribution in [2.75, 3.05) is 21.3 Å². The molecule has 0 heterocycles. The topological polar surface area (TPSA) is 61.8 Å². The summed E-state index contributed by atoms with van der Waals surface area (Å²) in [6.45, 7) is 11.3. The van der Waals surface area contributed by atoms with Crippen LogP contribution < -0.4 is 4.74 Å². The Balaban J connectivity index is 3.81. The van der Waals surface area contributed by atoms with Crippen molar-refractivity contribution < 1.29 is 31.9 Å². The lowest BCUT2D eigenvalue weighted by atomic mass is 9.78. The third-order valence-electron chi connectivity index (χ3n) is 4.27. The molecule has 0 aromatic heterocycles. The van der Waals surface area contributed by atoms with E-state index in [1.165, 1.54) is 19.2 Å². The maximum absolute atomic E-state index is 14.7. The quantitative estimate of drug-likeness (QED) is 0.458. The fourth-order valence-corrected chi connectivity index (χ4v) is 3.68. The Hall–Kier alpha value is -1.30. The number of rotatable bonds is 6. The highest BCUT2D eigenvalue weighted by Gasteiger charge is 2.59. The van der Waals surface area contributed by atoms with Gasteiger partial charge in [0.25, 0.3) is 0 Å². The van der Waals surface area contributed by atoms with E-state index in [-0.39, 0.29) is 5.56 Å². The van der Waals surface area contributed by atoms with Gasteiger partial charge in [-0.1, -0.05) is 41.5 Å². The Morgan fingerprint density at radius 1 is 0.889 bits per heavy atom. The molecule has 0 aliphatic rings. The number of halogens is 2. The van der Waals surface area contributed by atoms with Gasteiger partial charge in [-0.05, 0) is 23.0 Å². The summed E-state index contributed by atoms with van der Waals surface area (Å²) in [5.41, 5.74) is -4.37. The van der Waals surface area contributed by atoms with Crippen LogP contribution in [0, 0.1) is 0 Å². The highest BCUT2D eigenvalue weighted by Crippen LogP contribution is 2.62. The molecule has 1 aromatic rings. The van der Waals surface area contributed by atoms with Crippen LogP contribution in [0.3, 0.4) is 0 Å². The molecule has 0 unspecified atom stereocenters. The molecule has 0 saturated heterocycles. The van der Waals surface area contributed by atoms with E-state index in [1.807, 2.05) is 41.5 Å². The van der Waals surface area contributed by atoms with Crippen LogP contribution in [0.1, 0.15) is 63.0 Å². The van der Waals surface area contributed by atoms with Crippen LogP contribution in [0.2, 0.25) is 0 Å². The second kappa shape index (κ2) is 7.61. The zero-order chi connectivity index (χ0) is 21.4. The molecule has 1 aromatic carbocycles. The van der Waals surface area contributed by atoms with Gasteiger partial charge >= 0.3 is 13.3 Å². The molecule has 154 valence electrons. The van der Waals surface area contributed by atoms with E-state index in [2.05, 4.69) is 9.05 Å². The molecule has 8 heteroatoms. The van der Waals surface area contributed by atoms with Gasteiger partial charge in [0.1, 0.15) is 5.75 Å². The fourth-order valence-electron chi connectivity index (χ4n) is 2.70. The van der Waals surface area contributed by atoms with E-state index in [4.69, 9.17) is 4.74 Å². The normalized spacial score (nSPS) is 13.6. The summed E-state index contributed by atoms with van der Waals surface area (Å²) in [7, 11) is -1.81. The van der Waals surface area contributed by atoms with Crippen LogP contribution in [-0.4, -0.2) is 32.8 Å². The molecular formula is C19H29F2O5P. The summed E-state index contributed by atoms with van der Waals surface area (Å²) in [4.78, 5) is 12.7. The zero-order valence-electron chi connectivity index (χ0n) is 17.4. The molecule has 0 radical (unpaired) electrons. The molecule has 0 amide bonds. The predicted octanol–water partition coefficient (Wildman–Crippen LogP) is 5.55. The average molecular weight is 406 g/mol. The van der Waals surface area contributed by atoms with E-state index >= 15 is 0 Å². The van der Waals surface area contributed by atoms with Crippen LogP contribution in [0.4, 0.5) is 8.78 Å². The van der Waals surface area contributed by atoms with Crippen molar-refractivity contribution in [3.63, 3.8) is 0 Å². The van der Waals surface area contributed by atoms with Gasteiger partial charge in [-0.3, -0.25) is 9.36 Å². The van der Waals surface area contributed by atoms with Crippen LogP contribution in [0.25, 0.3) is 0 Å². The van der Waals surface area contributed by atoms with Gasteiger partial charge in [-0.25, -0.2) is 0 Å². The van der Waals surface area contributed by atoms with Gasteiger partial charge in [0.05, 0.1) is 7.11 Å². The molecule has 0 saturated carbocycles. The largest absolute Gasteiger partial charge is 0.496 e. The maximum Gasteiger partial charge on any atom is 0.407 e. The van der Waals surface area contributed by atoms with Crippen LogP contribution >= 0.6 is 7.60 Å². The molecule has 0 spiro atoms. The first kappa shape index (κ1) is 23.7. The van der Waals surface area contributed by atoms with E-state index in [0.717, 1.165) is 14.2 Å². The highest BCUT2D eigenvalue weighted by molar-refractivity contribution is 7.56. The molecule has 27 heavy (non-hydrogen) atoms. The number of methoxy groups -OCH3 is 1. The predicted molar refractivity (Wildman–Crippen MR) is 101 cm³/mol. The minimum atomic E-state index is -4.95. The minimum absolute atomic E-state index is 0.273. The zero-order valence-corrected chi connectivity index (χ0v) is 18.3. The second-order valence-corrected chi connectivity index (χ2v) is 10.6. The lowest BCUT2D eigenvalue weighted by molar-refractivity contribution is 0.0365. The van der Waals surface area contributed by atoms with Crippen molar-refractivity contribution in [1.82, 2.24) is 0 Å². The van der Waals surface area contributed by atoms with Gasteiger partial charge in [0.2, 0.25) is 5.78 Å². The number of hydrogen-bond acceptors (Lipinski definition) is 5. The van der Waals surface area contributed by atoms with Crippen molar-refractivity contribution in [2.45, 2.75) is 58.0 Å². The Morgan fingerprint density at radius 2 is 1.26 bits per heavy atom. The summed E-state index contributed by atoms with van der Waals surface area (Å²) in [5.74, 6) is -1.08. The molecular weight excluding hydrogens is 377 g/mol. The van der Waals surface area contributed by atoms with Crippen molar-refractivity contribution in [3.05, 3.63) is 28.8 Å². The molecule has 0 N–H and O–H groups in total. The molecule has 0 bridgehead atoms. The number of benzene rings is 1. The molecule has 1 rings (SSSR count). The van der Waals surface area contributed by atoms with Gasteiger partial charge in [-0.15, -0.1) is 0 Å². The second-order valence-electron chi connectivity index (χ2n) is 8.34. The number of hydrogen-bond donors (Lipinski definition) is 0. The van der Waals surface area contributed by atoms with Crippen LogP contribution in [-0.2, 0) is 24.4 Å². The van der Waals surface area contributed by atoms with Crippen molar-refractivity contribution in [2.24, 2.45) is 0 Å². The summed E-state index contributed by atoms with van der Waals surface area (Å²) in [6.07, 6.45) is 0. The fraction of sp³-hybridized carbons (Fsp3) is 0.632. The number of ketones is 1.